The molecule has 8 nitrogen and oxygen atoms in total. The third-order valence-corrected chi connectivity index (χ3v) is 8.32. The highest BCUT2D eigenvalue weighted by molar-refractivity contribution is 5.68. The van der Waals surface area contributed by atoms with Crippen molar-refractivity contribution in [1.82, 2.24) is 0 Å². The molecule has 1 aromatic rings. The fourth-order valence-electron chi connectivity index (χ4n) is 6.84. The van der Waals surface area contributed by atoms with Crippen molar-refractivity contribution in [2.45, 2.75) is 52.9 Å². The lowest BCUT2D eigenvalue weighted by Crippen LogP contribution is -2.32. The summed E-state index contributed by atoms with van der Waals surface area (Å²) in [5.41, 5.74) is 3.04. The molecule has 4 rings (SSSR count). The highest BCUT2D eigenvalue weighted by Crippen LogP contribution is 2.72. The maximum atomic E-state index is 11.3. The van der Waals surface area contributed by atoms with Gasteiger partial charge in [-0.2, -0.15) is 5.10 Å². The lowest BCUT2D eigenvalue weighted by molar-refractivity contribution is -0.393. The summed E-state index contributed by atoms with van der Waals surface area (Å²) < 4.78 is 0. The predicted molar refractivity (Wildman–Crippen MR) is 111 cm³/mol. The zero-order valence-electron chi connectivity index (χ0n) is 17.1. The minimum absolute atomic E-state index is 0.167. The van der Waals surface area contributed by atoms with Crippen LogP contribution < -0.4 is 5.43 Å². The second-order valence-corrected chi connectivity index (χ2v) is 9.70. The number of rotatable bonds is 5. The van der Waals surface area contributed by atoms with Gasteiger partial charge in [0.15, 0.2) is 0 Å². The second-order valence-electron chi connectivity index (χ2n) is 9.70. The van der Waals surface area contributed by atoms with Gasteiger partial charge in [0, 0.05) is 12.3 Å². The van der Waals surface area contributed by atoms with Gasteiger partial charge >= 0.3 is 5.69 Å². The highest BCUT2D eigenvalue weighted by atomic mass is 16.6. The largest absolute Gasteiger partial charge is 0.301 e. The first-order chi connectivity index (χ1) is 13.7. The summed E-state index contributed by atoms with van der Waals surface area (Å²) in [5, 5.41) is 26.5. The van der Waals surface area contributed by atoms with Crippen molar-refractivity contribution in [3.63, 3.8) is 0 Å². The van der Waals surface area contributed by atoms with Crippen molar-refractivity contribution in [3.05, 3.63) is 38.4 Å². The van der Waals surface area contributed by atoms with E-state index in [1.807, 2.05) is 6.21 Å². The van der Waals surface area contributed by atoms with Crippen LogP contribution in [0.1, 0.15) is 52.9 Å². The van der Waals surface area contributed by atoms with Crippen LogP contribution in [0.2, 0.25) is 0 Å². The van der Waals surface area contributed by atoms with E-state index in [2.05, 4.69) is 31.3 Å². The molecule has 0 aliphatic heterocycles. The van der Waals surface area contributed by atoms with Crippen LogP contribution in [0.15, 0.2) is 23.3 Å². The van der Waals surface area contributed by atoms with Crippen molar-refractivity contribution in [2.24, 2.45) is 39.6 Å². The van der Waals surface area contributed by atoms with Gasteiger partial charge in [-0.05, 0) is 72.7 Å². The number of anilines is 1. The number of benzene rings is 1. The fraction of sp³-hybridized carbons (Fsp3) is 0.667. The van der Waals surface area contributed by atoms with Gasteiger partial charge in [0.1, 0.15) is 5.69 Å². The average molecular weight is 400 g/mol. The Labute approximate surface area is 170 Å². The molecule has 29 heavy (non-hydrogen) atoms. The molecule has 156 valence electrons. The maximum Gasteiger partial charge on any atom is 0.301 e. The second kappa shape index (κ2) is 6.78. The molecule has 1 N–H and O–H groups in total. The van der Waals surface area contributed by atoms with E-state index in [4.69, 9.17) is 0 Å². The summed E-state index contributed by atoms with van der Waals surface area (Å²) in [6, 6.07) is 3.55. The van der Waals surface area contributed by atoms with Crippen LogP contribution in [0.5, 0.6) is 0 Å². The lowest BCUT2D eigenvalue weighted by atomic mass is 9.66. The summed E-state index contributed by atoms with van der Waals surface area (Å²) in [6.07, 6.45) is 8.15. The first-order valence-electron chi connectivity index (χ1n) is 10.4. The molecule has 2 bridgehead atoms. The summed E-state index contributed by atoms with van der Waals surface area (Å²) >= 11 is 0. The Balaban J connectivity index is 1.51. The number of hydrogen-bond donors (Lipinski definition) is 1. The number of hydrogen-bond acceptors (Lipinski definition) is 6. The molecule has 0 amide bonds. The van der Waals surface area contributed by atoms with Crippen molar-refractivity contribution in [3.8, 4) is 0 Å². The fourth-order valence-corrected chi connectivity index (χ4v) is 6.84. The normalized spacial score (nSPS) is 34.9. The Kier molecular flexibility index (Phi) is 4.63. The van der Waals surface area contributed by atoms with Gasteiger partial charge in [-0.25, -0.2) is 0 Å². The topological polar surface area (TPSA) is 111 Å². The molecule has 0 unspecified atom stereocenters. The predicted octanol–water partition coefficient (Wildman–Crippen LogP) is 5.39. The Morgan fingerprint density at radius 1 is 1.17 bits per heavy atom. The van der Waals surface area contributed by atoms with Crippen molar-refractivity contribution in [1.29, 1.82) is 0 Å². The molecule has 0 radical (unpaired) electrons. The molecule has 3 saturated carbocycles. The maximum absolute atomic E-state index is 11.3. The molecule has 1 aromatic carbocycles. The first kappa shape index (κ1) is 19.8. The van der Waals surface area contributed by atoms with Gasteiger partial charge in [-0.15, -0.1) is 0 Å². The van der Waals surface area contributed by atoms with E-state index >= 15 is 0 Å². The molecule has 0 saturated heterocycles. The molecule has 0 heterocycles. The summed E-state index contributed by atoms with van der Waals surface area (Å²) in [6.45, 7) is 7.23. The van der Waals surface area contributed by atoms with E-state index in [0.717, 1.165) is 24.3 Å². The van der Waals surface area contributed by atoms with Gasteiger partial charge in [-0.1, -0.05) is 20.8 Å². The number of hydrazone groups is 1. The summed E-state index contributed by atoms with van der Waals surface area (Å²) in [7, 11) is 0. The van der Waals surface area contributed by atoms with Gasteiger partial charge in [0.2, 0.25) is 0 Å². The van der Waals surface area contributed by atoms with E-state index in [0.29, 0.717) is 17.3 Å². The molecule has 3 aliphatic rings. The number of nitro groups is 2. The summed E-state index contributed by atoms with van der Waals surface area (Å²) in [4.78, 5) is 20.9. The Morgan fingerprint density at radius 2 is 1.93 bits per heavy atom. The van der Waals surface area contributed by atoms with E-state index in [1.165, 1.54) is 37.8 Å². The van der Waals surface area contributed by atoms with Crippen molar-refractivity contribution >= 4 is 23.3 Å². The zero-order valence-corrected chi connectivity index (χ0v) is 17.1. The number of fused-ring (bicyclic) bond motifs is 1. The van der Waals surface area contributed by atoms with Crippen LogP contribution in [0.3, 0.4) is 0 Å². The average Bonchev–Trinajstić information content (AvgIpc) is 3.07. The van der Waals surface area contributed by atoms with Crippen LogP contribution in [0.25, 0.3) is 0 Å². The first-order valence-corrected chi connectivity index (χ1v) is 10.4. The summed E-state index contributed by atoms with van der Waals surface area (Å²) in [5.74, 6) is 2.48. The molecule has 5 atom stereocenters. The van der Waals surface area contributed by atoms with Crippen LogP contribution >= 0.6 is 0 Å². The van der Waals surface area contributed by atoms with Crippen LogP contribution in [0, 0.1) is 54.7 Å². The number of non-ortho nitro benzene ring substituents is 1. The van der Waals surface area contributed by atoms with Crippen molar-refractivity contribution in [2.75, 3.05) is 5.43 Å². The molecular formula is C21H28N4O4. The molecule has 0 aromatic heterocycles. The molecule has 8 heteroatoms. The van der Waals surface area contributed by atoms with Gasteiger partial charge < -0.3 is 0 Å². The number of nitro benzene ring substituents is 2. The van der Waals surface area contributed by atoms with Crippen LogP contribution in [-0.2, 0) is 0 Å². The quantitative estimate of drug-likeness (QED) is 0.405. The van der Waals surface area contributed by atoms with E-state index < -0.39 is 9.85 Å². The number of nitrogens with one attached hydrogen (secondary N) is 1. The molecule has 3 fully saturated rings. The third-order valence-electron chi connectivity index (χ3n) is 8.32. The van der Waals surface area contributed by atoms with Crippen LogP contribution in [-0.4, -0.2) is 16.1 Å². The molecule has 1 spiro atoms. The standard InChI is InChI=1S/C21H28N4O4/c1-13-4-7-19-20(2,3)16-11-21(13,19)9-8-14(16)12-22-23-17-6-5-15(24(26)27)10-18(17)25(28)29/h5-6,10,12-14,16,19,23H,4,7-9,11H2,1-3H3/b22-12+/t13-,14-,16-,19-,21-/m0/s1. The monoisotopic (exact) mass is 400 g/mol. The Morgan fingerprint density at radius 3 is 2.62 bits per heavy atom. The van der Waals surface area contributed by atoms with Crippen LogP contribution in [0.4, 0.5) is 17.1 Å². The van der Waals surface area contributed by atoms with Gasteiger partial charge in [-0.3, -0.25) is 25.7 Å². The van der Waals surface area contributed by atoms with E-state index in [9.17, 15) is 20.2 Å². The Hall–Kier alpha value is -2.51. The number of nitrogens with zero attached hydrogens (tertiary/aromatic N) is 3. The van der Waals surface area contributed by atoms with Gasteiger partial charge in [0.25, 0.3) is 5.69 Å². The van der Waals surface area contributed by atoms with Gasteiger partial charge in [0.05, 0.1) is 15.9 Å². The van der Waals surface area contributed by atoms with E-state index in [-0.39, 0.29) is 22.5 Å². The highest BCUT2D eigenvalue weighted by Gasteiger charge is 2.64. The minimum atomic E-state index is -0.641. The zero-order chi connectivity index (χ0) is 21.0. The molecular weight excluding hydrogens is 372 g/mol. The smallest absolute Gasteiger partial charge is 0.272 e. The van der Waals surface area contributed by atoms with Crippen molar-refractivity contribution < 1.29 is 9.85 Å². The Bertz CT molecular complexity index is 883. The SMILES string of the molecule is C[C@H]1CC[C@H]2C(C)(C)[C@H]3C[C@@]12CC[C@H]3/C=N/Nc1ccc([N+](=O)[O-])cc1[N+](=O)[O-]. The lowest BCUT2D eigenvalue weighted by Gasteiger charge is -2.39. The van der Waals surface area contributed by atoms with E-state index in [1.54, 1.807) is 0 Å². The third kappa shape index (κ3) is 3.00. The molecule has 3 aliphatic carbocycles. The minimum Gasteiger partial charge on any atom is -0.272 e.